The summed E-state index contributed by atoms with van der Waals surface area (Å²) < 4.78 is 33.3. The molecule has 0 aliphatic heterocycles. The van der Waals surface area contributed by atoms with E-state index < -0.39 is 10.1 Å². The van der Waals surface area contributed by atoms with Crippen LogP contribution in [0.25, 0.3) is 0 Å². The van der Waals surface area contributed by atoms with Crippen molar-refractivity contribution in [2.75, 3.05) is 0 Å². The molecule has 0 heterocycles. The smallest absolute Gasteiger partial charge is 0.744 e. The predicted molar refractivity (Wildman–Crippen MR) is 150 cm³/mol. The normalized spacial score (nSPS) is 11.5. The first-order chi connectivity index (χ1) is 17.0. The van der Waals surface area contributed by atoms with Crippen molar-refractivity contribution in [3.8, 4) is 0 Å². The van der Waals surface area contributed by atoms with Crippen molar-refractivity contribution in [1.82, 2.24) is 0 Å². The molecule has 0 radical (unpaired) electrons. The Morgan fingerprint density at radius 3 is 1.22 bits per heavy atom. The van der Waals surface area contributed by atoms with Crippen molar-refractivity contribution >= 4 is 10.1 Å². The van der Waals surface area contributed by atoms with E-state index in [0.29, 0.717) is 0 Å². The van der Waals surface area contributed by atoms with Crippen molar-refractivity contribution in [3.63, 3.8) is 0 Å². The van der Waals surface area contributed by atoms with Gasteiger partial charge < -0.3 is 4.55 Å². The molecule has 5 heteroatoms. The largest absolute Gasteiger partial charge is 1.00 e. The Morgan fingerprint density at radius 1 is 0.556 bits per heavy atom. The van der Waals surface area contributed by atoms with E-state index in [1.54, 1.807) is 6.07 Å². The molecule has 0 bridgehead atoms. The minimum Gasteiger partial charge on any atom is -0.744 e. The van der Waals surface area contributed by atoms with Crippen molar-refractivity contribution in [2.45, 2.75) is 166 Å². The fourth-order valence-corrected chi connectivity index (χ4v) is 5.51. The van der Waals surface area contributed by atoms with E-state index in [2.05, 4.69) is 6.92 Å². The maximum absolute atomic E-state index is 11.1. The monoisotopic (exact) mass is 546 g/mol. The van der Waals surface area contributed by atoms with Gasteiger partial charge in [-0.15, -0.1) is 0 Å². The number of unbranched alkanes of at least 4 members (excludes halogenated alkanes) is 22. The van der Waals surface area contributed by atoms with Crippen LogP contribution >= 0.6 is 0 Å². The maximum Gasteiger partial charge on any atom is 1.00 e. The van der Waals surface area contributed by atoms with E-state index in [1.165, 1.54) is 153 Å². The Hall–Kier alpha value is 0.766. The first kappa shape index (κ1) is 36.8. The third-order valence-corrected chi connectivity index (χ3v) is 8.09. The standard InChI is InChI=1S/C31H56O3S.K/c1-2-3-4-5-6-7-8-9-10-11-12-13-14-15-16-17-18-19-20-21-22-23-24-26-30-27-25-28-31(29-30)35(32,33)34;/h25,27-29H,2-24,26H2,1H3,(H,32,33,34);/q;+1/p-1. The number of rotatable bonds is 25. The minimum absolute atomic E-state index is 0. The summed E-state index contributed by atoms with van der Waals surface area (Å²) in [5, 5.41) is 0. The summed E-state index contributed by atoms with van der Waals surface area (Å²) in [6.07, 6.45) is 32.7. The topological polar surface area (TPSA) is 57.2 Å². The van der Waals surface area contributed by atoms with Crippen LogP contribution in [0, 0.1) is 0 Å². The van der Waals surface area contributed by atoms with Crippen LogP contribution in [0.4, 0.5) is 0 Å². The predicted octanol–water partition coefficient (Wildman–Crippen LogP) is 7.13. The SMILES string of the molecule is CCCCCCCCCCCCCCCCCCCCCCCCCc1cccc(S(=O)(=O)[O-])c1.[K+]. The Kier molecular flexibility index (Phi) is 26.6. The Bertz CT molecular complexity index is 706. The van der Waals surface area contributed by atoms with E-state index >= 15 is 0 Å². The van der Waals surface area contributed by atoms with Gasteiger partial charge >= 0.3 is 51.4 Å². The van der Waals surface area contributed by atoms with E-state index in [-0.39, 0.29) is 56.3 Å². The molecule has 1 aromatic carbocycles. The van der Waals surface area contributed by atoms with Crippen molar-refractivity contribution in [3.05, 3.63) is 29.8 Å². The summed E-state index contributed by atoms with van der Waals surface area (Å²) in [5.74, 6) is 0. The van der Waals surface area contributed by atoms with Gasteiger partial charge in [0.15, 0.2) is 0 Å². The van der Waals surface area contributed by atoms with Gasteiger partial charge in [-0.25, -0.2) is 8.42 Å². The van der Waals surface area contributed by atoms with Crippen LogP contribution in [0.5, 0.6) is 0 Å². The summed E-state index contributed by atoms with van der Waals surface area (Å²) in [4.78, 5) is -0.107. The average Bonchev–Trinajstić information content (AvgIpc) is 2.84. The fraction of sp³-hybridized carbons (Fsp3) is 0.806. The van der Waals surface area contributed by atoms with Crippen LogP contribution in [-0.4, -0.2) is 13.0 Å². The van der Waals surface area contributed by atoms with Gasteiger partial charge in [0.25, 0.3) is 0 Å². The van der Waals surface area contributed by atoms with Gasteiger partial charge in [-0.3, -0.25) is 0 Å². The number of benzene rings is 1. The molecule has 0 aliphatic carbocycles. The van der Waals surface area contributed by atoms with E-state index in [4.69, 9.17) is 0 Å². The molecule has 204 valence electrons. The van der Waals surface area contributed by atoms with Crippen molar-refractivity contribution in [2.24, 2.45) is 0 Å². The molecule has 0 amide bonds. The summed E-state index contributed by atoms with van der Waals surface area (Å²) in [6, 6.07) is 6.48. The molecule has 1 aromatic rings. The van der Waals surface area contributed by atoms with Gasteiger partial charge in [-0.1, -0.05) is 160 Å². The van der Waals surface area contributed by atoms with Gasteiger partial charge in [-0.2, -0.15) is 0 Å². The first-order valence-corrected chi connectivity index (χ1v) is 16.5. The van der Waals surface area contributed by atoms with Crippen LogP contribution in [-0.2, 0) is 16.5 Å². The minimum atomic E-state index is -4.34. The second-order valence-electron chi connectivity index (χ2n) is 10.6. The number of hydrogen-bond donors (Lipinski definition) is 0. The Balaban J connectivity index is 0.0000122. The molecular weight excluding hydrogens is 492 g/mol. The molecule has 0 spiro atoms. The van der Waals surface area contributed by atoms with Gasteiger partial charge in [0.05, 0.1) is 4.90 Å². The van der Waals surface area contributed by atoms with Crippen molar-refractivity contribution in [1.29, 1.82) is 0 Å². The average molecular weight is 547 g/mol. The molecule has 0 saturated carbocycles. The number of hydrogen-bond acceptors (Lipinski definition) is 3. The van der Waals surface area contributed by atoms with Gasteiger partial charge in [0.2, 0.25) is 0 Å². The second-order valence-corrected chi connectivity index (χ2v) is 12.0. The zero-order valence-corrected chi connectivity index (χ0v) is 27.9. The molecule has 0 atom stereocenters. The molecule has 3 nitrogen and oxygen atoms in total. The maximum atomic E-state index is 11.1. The van der Waals surface area contributed by atoms with Gasteiger partial charge in [-0.05, 0) is 30.5 Å². The van der Waals surface area contributed by atoms with Crippen molar-refractivity contribution < 1.29 is 64.4 Å². The van der Waals surface area contributed by atoms with Gasteiger partial charge in [0, 0.05) is 0 Å². The molecular formula is C31H55KO3S. The molecule has 0 saturated heterocycles. The van der Waals surface area contributed by atoms with Crippen LogP contribution in [0.2, 0.25) is 0 Å². The third kappa shape index (κ3) is 22.7. The third-order valence-electron chi connectivity index (χ3n) is 7.26. The van der Waals surface area contributed by atoms with E-state index in [9.17, 15) is 13.0 Å². The quantitative estimate of drug-likeness (QED) is 0.0744. The molecule has 0 aromatic heterocycles. The van der Waals surface area contributed by atoms with E-state index in [0.717, 1.165) is 18.4 Å². The molecule has 0 fully saturated rings. The van der Waals surface area contributed by atoms with E-state index in [1.807, 2.05) is 6.07 Å². The molecule has 0 N–H and O–H groups in total. The summed E-state index contributed by atoms with van der Waals surface area (Å²) in [6.45, 7) is 2.29. The summed E-state index contributed by atoms with van der Waals surface area (Å²) in [5.41, 5.74) is 0.949. The molecule has 0 unspecified atom stereocenters. The van der Waals surface area contributed by atoms with Crippen LogP contribution < -0.4 is 51.4 Å². The summed E-state index contributed by atoms with van der Waals surface area (Å²) >= 11 is 0. The summed E-state index contributed by atoms with van der Waals surface area (Å²) in [7, 11) is -4.34. The number of aryl methyl sites for hydroxylation is 1. The first-order valence-electron chi connectivity index (χ1n) is 15.1. The Morgan fingerprint density at radius 2 is 0.889 bits per heavy atom. The zero-order chi connectivity index (χ0) is 25.5. The van der Waals surface area contributed by atoms with Crippen LogP contribution in [0.3, 0.4) is 0 Å². The second kappa shape index (κ2) is 26.0. The molecule has 1 rings (SSSR count). The fourth-order valence-electron chi connectivity index (χ4n) is 4.97. The zero-order valence-electron chi connectivity index (χ0n) is 23.9. The molecule has 0 aliphatic rings. The van der Waals surface area contributed by atoms with Crippen LogP contribution in [0.15, 0.2) is 29.2 Å². The molecule has 36 heavy (non-hydrogen) atoms. The van der Waals surface area contributed by atoms with Gasteiger partial charge in [0.1, 0.15) is 10.1 Å². The Labute approximate surface area is 267 Å². The van der Waals surface area contributed by atoms with Crippen LogP contribution in [0.1, 0.15) is 160 Å².